The summed E-state index contributed by atoms with van der Waals surface area (Å²) in [5.74, 6) is -1.00. The van der Waals surface area contributed by atoms with Gasteiger partial charge in [0.15, 0.2) is 0 Å². The van der Waals surface area contributed by atoms with Gasteiger partial charge in [-0.25, -0.2) is 0 Å². The van der Waals surface area contributed by atoms with Gasteiger partial charge in [-0.1, -0.05) is 16.8 Å². The Morgan fingerprint density at radius 2 is 2.10 bits per heavy atom. The van der Waals surface area contributed by atoms with Crippen molar-refractivity contribution in [2.75, 3.05) is 5.32 Å². The van der Waals surface area contributed by atoms with Crippen molar-refractivity contribution < 1.29 is 14.1 Å². The third kappa shape index (κ3) is 3.53. The van der Waals surface area contributed by atoms with Gasteiger partial charge in [-0.2, -0.15) is 0 Å². The minimum absolute atomic E-state index is 0.00268. The van der Waals surface area contributed by atoms with Crippen LogP contribution in [0.5, 0.6) is 0 Å². The van der Waals surface area contributed by atoms with Gasteiger partial charge in [0.25, 0.3) is 0 Å². The van der Waals surface area contributed by atoms with Gasteiger partial charge in [-0.05, 0) is 36.7 Å². The lowest BCUT2D eigenvalue weighted by atomic mass is 10.1. The van der Waals surface area contributed by atoms with E-state index >= 15 is 0 Å². The van der Waals surface area contributed by atoms with E-state index in [0.29, 0.717) is 16.9 Å². The molecule has 110 valence electrons. The van der Waals surface area contributed by atoms with E-state index < -0.39 is 5.91 Å². The van der Waals surface area contributed by atoms with Crippen molar-refractivity contribution in [3.8, 4) is 0 Å². The van der Waals surface area contributed by atoms with Crippen molar-refractivity contribution in [1.29, 1.82) is 0 Å². The first-order valence-corrected chi connectivity index (χ1v) is 6.64. The maximum atomic E-state index is 12.0. The maximum absolute atomic E-state index is 12.0. The van der Waals surface area contributed by atoms with Crippen molar-refractivity contribution in [1.82, 2.24) is 5.16 Å². The molecular formula is C13H11Cl2N3O3. The molecule has 0 aliphatic carbocycles. The highest BCUT2D eigenvalue weighted by molar-refractivity contribution is 6.34. The molecule has 0 spiro atoms. The topological polar surface area (TPSA) is 98.2 Å². The number of primary amides is 1. The molecule has 2 aromatic rings. The summed E-state index contributed by atoms with van der Waals surface area (Å²) in [6.45, 7) is 1.69. The fraction of sp³-hybridized carbons (Fsp3) is 0.154. The average molecular weight is 328 g/mol. The number of rotatable bonds is 4. The van der Waals surface area contributed by atoms with Gasteiger partial charge < -0.3 is 15.6 Å². The summed E-state index contributed by atoms with van der Waals surface area (Å²) in [5, 5.41) is 6.58. The number of hydrogen-bond acceptors (Lipinski definition) is 4. The number of amides is 2. The maximum Gasteiger partial charge on any atom is 0.250 e. The number of anilines is 1. The molecule has 8 heteroatoms. The van der Waals surface area contributed by atoms with Gasteiger partial charge in [-0.3, -0.25) is 9.59 Å². The van der Waals surface area contributed by atoms with E-state index in [2.05, 4.69) is 10.5 Å². The first-order chi connectivity index (χ1) is 9.88. The molecule has 1 aromatic heterocycles. The van der Waals surface area contributed by atoms with Crippen LogP contribution in [0, 0.1) is 6.92 Å². The van der Waals surface area contributed by atoms with Gasteiger partial charge in [0, 0.05) is 11.3 Å². The Kier molecular flexibility index (Phi) is 4.50. The molecule has 1 heterocycles. The molecule has 0 saturated carbocycles. The predicted molar refractivity (Wildman–Crippen MR) is 78.6 cm³/mol. The van der Waals surface area contributed by atoms with E-state index in [1.54, 1.807) is 13.0 Å². The smallest absolute Gasteiger partial charge is 0.250 e. The monoisotopic (exact) mass is 327 g/mol. The molecule has 0 bridgehead atoms. The summed E-state index contributed by atoms with van der Waals surface area (Å²) in [5.41, 5.74) is 6.79. The Balaban J connectivity index is 2.13. The number of carbonyl (C=O) groups excluding carboxylic acids is 2. The molecular weight excluding hydrogens is 317 g/mol. The zero-order valence-corrected chi connectivity index (χ0v) is 12.5. The lowest BCUT2D eigenvalue weighted by Gasteiger charge is -2.07. The van der Waals surface area contributed by atoms with E-state index in [-0.39, 0.29) is 28.1 Å². The van der Waals surface area contributed by atoms with Crippen molar-refractivity contribution in [2.45, 2.75) is 13.3 Å². The quantitative estimate of drug-likeness (QED) is 0.901. The van der Waals surface area contributed by atoms with Gasteiger partial charge in [0.05, 0.1) is 22.7 Å². The first-order valence-electron chi connectivity index (χ1n) is 5.88. The summed E-state index contributed by atoms with van der Waals surface area (Å²) in [4.78, 5) is 23.2. The highest BCUT2D eigenvalue weighted by Crippen LogP contribution is 2.22. The highest BCUT2D eigenvalue weighted by atomic mass is 35.5. The van der Waals surface area contributed by atoms with E-state index in [1.807, 2.05) is 0 Å². The van der Waals surface area contributed by atoms with Crippen LogP contribution in [0.1, 0.15) is 21.6 Å². The second kappa shape index (κ2) is 6.15. The SMILES string of the molecule is Cc1noc(Cl)c1CC(=O)Nc1ccc(Cl)c(C(N)=O)c1. The number of hydrogen-bond donors (Lipinski definition) is 2. The number of carbonyl (C=O) groups is 2. The first kappa shape index (κ1) is 15.3. The Labute approximate surface area is 130 Å². The van der Waals surface area contributed by atoms with Gasteiger partial charge >= 0.3 is 0 Å². The van der Waals surface area contributed by atoms with Gasteiger partial charge in [0.1, 0.15) is 0 Å². The van der Waals surface area contributed by atoms with Crippen LogP contribution in [-0.2, 0) is 11.2 Å². The molecule has 1 aromatic carbocycles. The van der Waals surface area contributed by atoms with Crippen molar-refractivity contribution in [3.63, 3.8) is 0 Å². The van der Waals surface area contributed by atoms with Crippen LogP contribution in [-0.4, -0.2) is 17.0 Å². The highest BCUT2D eigenvalue weighted by Gasteiger charge is 2.15. The molecule has 2 rings (SSSR count). The summed E-state index contributed by atoms with van der Waals surface area (Å²) in [6.07, 6.45) is 0.00268. The minimum atomic E-state index is -0.672. The third-order valence-corrected chi connectivity index (χ3v) is 3.42. The summed E-state index contributed by atoms with van der Waals surface area (Å²) in [6, 6.07) is 4.45. The molecule has 21 heavy (non-hydrogen) atoms. The molecule has 0 aliphatic heterocycles. The van der Waals surface area contributed by atoms with Crippen LogP contribution in [0.15, 0.2) is 22.7 Å². The van der Waals surface area contributed by atoms with Crippen LogP contribution in [0.3, 0.4) is 0 Å². The normalized spacial score (nSPS) is 10.4. The van der Waals surface area contributed by atoms with E-state index in [0.717, 1.165) is 0 Å². The van der Waals surface area contributed by atoms with Crippen LogP contribution in [0.4, 0.5) is 5.69 Å². The second-order valence-electron chi connectivity index (χ2n) is 4.30. The Bertz CT molecular complexity index is 693. The predicted octanol–water partition coefficient (Wildman–Crippen LogP) is 2.57. The average Bonchev–Trinajstić information content (AvgIpc) is 2.72. The molecule has 6 nitrogen and oxygen atoms in total. The van der Waals surface area contributed by atoms with Crippen molar-refractivity contribution >= 4 is 40.7 Å². The number of nitrogens with zero attached hydrogens (tertiary/aromatic N) is 1. The van der Waals surface area contributed by atoms with Crippen LogP contribution in [0.25, 0.3) is 0 Å². The van der Waals surface area contributed by atoms with E-state index in [1.165, 1.54) is 12.1 Å². The zero-order valence-electron chi connectivity index (χ0n) is 10.9. The lowest BCUT2D eigenvalue weighted by Crippen LogP contribution is -2.16. The number of benzene rings is 1. The van der Waals surface area contributed by atoms with Gasteiger partial charge in [0.2, 0.25) is 17.0 Å². The molecule has 3 N–H and O–H groups in total. The number of nitrogens with two attached hydrogens (primary N) is 1. The number of aromatic nitrogens is 1. The molecule has 2 amide bonds. The standard InChI is InChI=1S/C13H11Cl2N3O3/c1-6-8(12(15)21-18-6)5-11(19)17-7-2-3-10(14)9(4-7)13(16)20/h2-4H,5H2,1H3,(H2,16,20)(H,17,19). The minimum Gasteiger partial charge on any atom is -0.366 e. The van der Waals surface area contributed by atoms with Gasteiger partial charge in [-0.15, -0.1) is 0 Å². The molecule has 0 saturated heterocycles. The molecule has 0 aliphatic rings. The van der Waals surface area contributed by atoms with E-state index in [9.17, 15) is 9.59 Å². The van der Waals surface area contributed by atoms with E-state index in [4.69, 9.17) is 33.5 Å². The number of nitrogens with one attached hydrogen (secondary N) is 1. The Morgan fingerprint density at radius 1 is 1.38 bits per heavy atom. The largest absolute Gasteiger partial charge is 0.366 e. The summed E-state index contributed by atoms with van der Waals surface area (Å²) >= 11 is 11.6. The number of halogens is 2. The lowest BCUT2D eigenvalue weighted by molar-refractivity contribution is -0.115. The third-order valence-electron chi connectivity index (χ3n) is 2.79. The number of aryl methyl sites for hydroxylation is 1. The fourth-order valence-electron chi connectivity index (χ4n) is 1.72. The zero-order chi connectivity index (χ0) is 15.6. The van der Waals surface area contributed by atoms with Crippen LogP contribution >= 0.6 is 23.2 Å². The molecule has 0 radical (unpaired) electrons. The van der Waals surface area contributed by atoms with Crippen LogP contribution in [0.2, 0.25) is 10.2 Å². The fourth-order valence-corrected chi connectivity index (χ4v) is 2.16. The second-order valence-corrected chi connectivity index (χ2v) is 5.05. The summed E-state index contributed by atoms with van der Waals surface area (Å²) < 4.78 is 4.77. The molecule has 0 unspecified atom stereocenters. The Morgan fingerprint density at radius 3 is 2.67 bits per heavy atom. The molecule has 0 atom stereocenters. The van der Waals surface area contributed by atoms with Crippen molar-refractivity contribution in [3.05, 3.63) is 45.3 Å². The summed E-state index contributed by atoms with van der Waals surface area (Å²) in [7, 11) is 0. The Hall–Kier alpha value is -2.05. The molecule has 0 fully saturated rings. The van der Waals surface area contributed by atoms with Crippen molar-refractivity contribution in [2.24, 2.45) is 5.73 Å². The van der Waals surface area contributed by atoms with Crippen LogP contribution < -0.4 is 11.1 Å².